The molecule has 9 nitrogen and oxygen atoms in total. The molecule has 1 aliphatic heterocycles. The Morgan fingerprint density at radius 2 is 1.89 bits per heavy atom. The quantitative estimate of drug-likeness (QED) is 0.700. The van der Waals surface area contributed by atoms with Gasteiger partial charge in [0.2, 0.25) is 0 Å². The molecule has 0 saturated carbocycles. The molecule has 0 unspecified atom stereocenters. The molecule has 28 heavy (non-hydrogen) atoms. The van der Waals surface area contributed by atoms with Gasteiger partial charge in [-0.3, -0.25) is 14.4 Å². The average Bonchev–Trinajstić information content (AvgIpc) is 3.41. The minimum absolute atomic E-state index is 0.00883. The summed E-state index contributed by atoms with van der Waals surface area (Å²) >= 11 is 0. The number of nitrogens with one attached hydrogen (secondary N) is 2. The summed E-state index contributed by atoms with van der Waals surface area (Å²) in [7, 11) is 1.55. The van der Waals surface area contributed by atoms with Gasteiger partial charge in [-0.15, -0.1) is 0 Å². The fraction of sp³-hybridized carbons (Fsp3) is 0.316. The number of rotatable bonds is 6. The highest BCUT2D eigenvalue weighted by Gasteiger charge is 2.31. The maximum atomic E-state index is 12.7. The van der Waals surface area contributed by atoms with Gasteiger partial charge >= 0.3 is 11.8 Å². The zero-order chi connectivity index (χ0) is 19.9. The average molecular weight is 387 g/mol. The van der Waals surface area contributed by atoms with Crippen LogP contribution in [0.2, 0.25) is 0 Å². The van der Waals surface area contributed by atoms with E-state index in [-0.39, 0.29) is 19.0 Å². The molecule has 9 heteroatoms. The summed E-state index contributed by atoms with van der Waals surface area (Å²) in [6.07, 6.45) is 0.837. The van der Waals surface area contributed by atoms with Crippen LogP contribution in [-0.2, 0) is 20.9 Å². The van der Waals surface area contributed by atoms with Crippen LogP contribution in [-0.4, -0.2) is 55.7 Å². The van der Waals surface area contributed by atoms with E-state index >= 15 is 0 Å². The van der Waals surface area contributed by atoms with Crippen molar-refractivity contribution >= 4 is 17.7 Å². The van der Waals surface area contributed by atoms with Gasteiger partial charge in [-0.2, -0.15) is 0 Å². The van der Waals surface area contributed by atoms with Gasteiger partial charge in [0, 0.05) is 12.1 Å². The number of hydrogen-bond donors (Lipinski definition) is 2. The van der Waals surface area contributed by atoms with Crippen molar-refractivity contribution < 1.29 is 28.3 Å². The fourth-order valence-electron chi connectivity index (χ4n) is 2.74. The highest BCUT2D eigenvalue weighted by atomic mass is 16.5. The molecule has 1 aliphatic rings. The van der Waals surface area contributed by atoms with Gasteiger partial charge < -0.3 is 29.4 Å². The van der Waals surface area contributed by atoms with E-state index in [1.165, 1.54) is 11.2 Å². The molecule has 148 valence electrons. The second kappa shape index (κ2) is 9.05. The molecule has 1 fully saturated rings. The first kappa shape index (κ1) is 19.4. The summed E-state index contributed by atoms with van der Waals surface area (Å²) in [5, 5.41) is 4.94. The molecule has 0 radical (unpaired) electrons. The minimum Gasteiger partial charge on any atom is -0.497 e. The van der Waals surface area contributed by atoms with E-state index in [1.54, 1.807) is 43.5 Å². The van der Waals surface area contributed by atoms with Crippen molar-refractivity contribution in [2.24, 2.45) is 0 Å². The SMILES string of the molecule is COc1ccc(C(=O)N2CCO[C@@H]2CNC(=O)C(=O)NCc2ccco2)cc1. The van der Waals surface area contributed by atoms with E-state index in [0.717, 1.165) is 0 Å². The third kappa shape index (κ3) is 4.68. The van der Waals surface area contributed by atoms with Crippen molar-refractivity contribution in [1.82, 2.24) is 15.5 Å². The molecule has 1 saturated heterocycles. The van der Waals surface area contributed by atoms with E-state index in [9.17, 15) is 14.4 Å². The van der Waals surface area contributed by atoms with Gasteiger partial charge in [-0.1, -0.05) is 0 Å². The van der Waals surface area contributed by atoms with Crippen molar-refractivity contribution in [3.8, 4) is 5.75 Å². The highest BCUT2D eigenvalue weighted by molar-refractivity contribution is 6.35. The van der Waals surface area contributed by atoms with Crippen LogP contribution in [0.5, 0.6) is 5.75 Å². The van der Waals surface area contributed by atoms with Crippen LogP contribution >= 0.6 is 0 Å². The van der Waals surface area contributed by atoms with Crippen LogP contribution in [0.4, 0.5) is 0 Å². The molecule has 1 atom stereocenters. The van der Waals surface area contributed by atoms with Gasteiger partial charge in [-0.25, -0.2) is 0 Å². The monoisotopic (exact) mass is 387 g/mol. The van der Waals surface area contributed by atoms with E-state index in [2.05, 4.69) is 10.6 Å². The summed E-state index contributed by atoms with van der Waals surface area (Å²) in [4.78, 5) is 38.0. The van der Waals surface area contributed by atoms with Gasteiger partial charge in [0.25, 0.3) is 5.91 Å². The van der Waals surface area contributed by atoms with Crippen molar-refractivity contribution in [3.63, 3.8) is 0 Å². The number of nitrogens with zero attached hydrogens (tertiary/aromatic N) is 1. The van der Waals surface area contributed by atoms with E-state index in [4.69, 9.17) is 13.9 Å². The molecule has 0 bridgehead atoms. The van der Waals surface area contributed by atoms with Gasteiger partial charge in [0.15, 0.2) is 0 Å². The molecular weight excluding hydrogens is 366 g/mol. The zero-order valence-corrected chi connectivity index (χ0v) is 15.3. The summed E-state index contributed by atoms with van der Waals surface area (Å²) in [5.41, 5.74) is 0.485. The first-order valence-corrected chi connectivity index (χ1v) is 8.73. The number of carbonyl (C=O) groups excluding carboxylic acids is 3. The van der Waals surface area contributed by atoms with Crippen LogP contribution in [0.1, 0.15) is 16.1 Å². The Morgan fingerprint density at radius 1 is 1.14 bits per heavy atom. The third-order valence-corrected chi connectivity index (χ3v) is 4.23. The van der Waals surface area contributed by atoms with Crippen LogP contribution in [0.3, 0.4) is 0 Å². The number of benzene rings is 1. The molecule has 3 rings (SSSR count). The number of amides is 3. The van der Waals surface area contributed by atoms with Crippen LogP contribution in [0.15, 0.2) is 47.1 Å². The maximum absolute atomic E-state index is 12.7. The fourth-order valence-corrected chi connectivity index (χ4v) is 2.74. The Kier molecular flexibility index (Phi) is 6.28. The Labute approximate surface area is 161 Å². The predicted octanol–water partition coefficient (Wildman–Crippen LogP) is 0.519. The molecule has 1 aromatic carbocycles. The molecule has 0 spiro atoms. The first-order valence-electron chi connectivity index (χ1n) is 8.73. The van der Waals surface area contributed by atoms with Crippen LogP contribution in [0.25, 0.3) is 0 Å². The Hall–Kier alpha value is -3.33. The summed E-state index contributed by atoms with van der Waals surface area (Å²) in [6, 6.07) is 10.1. The van der Waals surface area contributed by atoms with Crippen molar-refractivity contribution in [3.05, 3.63) is 54.0 Å². The lowest BCUT2D eigenvalue weighted by Gasteiger charge is -2.23. The van der Waals surface area contributed by atoms with Crippen LogP contribution < -0.4 is 15.4 Å². The Bertz CT molecular complexity index is 819. The van der Waals surface area contributed by atoms with Crippen LogP contribution in [0, 0.1) is 0 Å². The van der Waals surface area contributed by atoms with Gasteiger partial charge in [0.1, 0.15) is 17.7 Å². The predicted molar refractivity (Wildman–Crippen MR) is 97.3 cm³/mol. The third-order valence-electron chi connectivity index (χ3n) is 4.23. The number of carbonyl (C=O) groups is 3. The maximum Gasteiger partial charge on any atom is 0.309 e. The molecule has 3 amide bonds. The summed E-state index contributed by atoms with van der Waals surface area (Å²) in [6.45, 7) is 0.874. The zero-order valence-electron chi connectivity index (χ0n) is 15.3. The molecule has 2 heterocycles. The highest BCUT2D eigenvalue weighted by Crippen LogP contribution is 2.17. The molecule has 2 N–H and O–H groups in total. The molecule has 2 aromatic rings. The lowest BCUT2D eigenvalue weighted by atomic mass is 10.2. The van der Waals surface area contributed by atoms with E-state index < -0.39 is 18.0 Å². The topological polar surface area (TPSA) is 110 Å². The lowest BCUT2D eigenvalue weighted by Crippen LogP contribution is -2.47. The largest absolute Gasteiger partial charge is 0.497 e. The molecule has 1 aromatic heterocycles. The summed E-state index contributed by atoms with van der Waals surface area (Å²) in [5.74, 6) is -0.627. The van der Waals surface area contributed by atoms with E-state index in [1.807, 2.05) is 0 Å². The van der Waals surface area contributed by atoms with Gasteiger partial charge in [-0.05, 0) is 36.4 Å². The first-order chi connectivity index (χ1) is 13.6. The second-order valence-corrected chi connectivity index (χ2v) is 6.02. The number of ether oxygens (including phenoxy) is 2. The van der Waals surface area contributed by atoms with Crippen molar-refractivity contribution in [2.45, 2.75) is 12.8 Å². The standard InChI is InChI=1S/C19H21N3O6/c1-26-14-6-4-13(5-7-14)19(25)22-8-10-28-16(22)12-21-18(24)17(23)20-11-15-3-2-9-27-15/h2-7,9,16H,8,10-12H2,1H3,(H,20,23)(H,21,24)/t16-/m1/s1. The Balaban J connectivity index is 1.50. The smallest absolute Gasteiger partial charge is 0.309 e. The summed E-state index contributed by atoms with van der Waals surface area (Å²) < 4.78 is 15.7. The molecular formula is C19H21N3O6. The van der Waals surface area contributed by atoms with Gasteiger partial charge in [0.05, 0.1) is 33.1 Å². The number of methoxy groups -OCH3 is 1. The molecule has 0 aliphatic carbocycles. The lowest BCUT2D eigenvalue weighted by molar-refractivity contribution is -0.139. The van der Waals surface area contributed by atoms with E-state index in [0.29, 0.717) is 30.2 Å². The van der Waals surface area contributed by atoms with Crippen molar-refractivity contribution in [2.75, 3.05) is 26.8 Å². The normalized spacial score (nSPS) is 15.9. The second-order valence-electron chi connectivity index (χ2n) is 6.02. The number of hydrogen-bond acceptors (Lipinski definition) is 6. The van der Waals surface area contributed by atoms with Crippen molar-refractivity contribution in [1.29, 1.82) is 0 Å². The number of furan rings is 1. The Morgan fingerprint density at radius 3 is 2.57 bits per heavy atom. The minimum atomic E-state index is -0.807.